The molecular weight excluding hydrogens is 560 g/mol. The molecule has 0 heterocycles. The Morgan fingerprint density at radius 3 is 0.714 bits per heavy atom. The number of hydrogen-bond acceptors (Lipinski definition) is 16. The van der Waals surface area contributed by atoms with Gasteiger partial charge in [0.25, 0.3) is 0 Å². The summed E-state index contributed by atoms with van der Waals surface area (Å²) in [4.78, 5) is 0. The van der Waals surface area contributed by atoms with E-state index in [2.05, 4.69) is 8.67 Å². The maximum Gasteiger partial charge on any atom is 2.00 e. The van der Waals surface area contributed by atoms with Crippen LogP contribution in [0.15, 0.2) is 0 Å². The molecule has 28 heteroatoms. The standard InChI is InChI=1S/Fe.4H3N.H2O8S2.H2O4S.2H2O3S/c;;;;;1-9(2,3)7-8-10(4,5)6;1-5(2,3)4;2*1-4(2)3/h;4*1H3;(H,1,2,3)(H,4,5,6);(H2,1,2,3,4);2*(H2,1,2,3)/q+2;;;;;;;;/p-2. The Hall–Kier alpha value is 0.109. The molecule has 28 heavy (non-hydrogen) atoms. The van der Waals surface area contributed by atoms with Crippen LogP contribution in [0.2, 0.25) is 0 Å². The quantitative estimate of drug-likeness (QED) is 0.0476. The molecule has 0 saturated carbocycles. The summed E-state index contributed by atoms with van der Waals surface area (Å²) in [5.74, 6) is 0. The number of rotatable bonds is 3. The van der Waals surface area contributed by atoms with Crippen molar-refractivity contribution in [3.05, 3.63) is 0 Å². The van der Waals surface area contributed by atoms with E-state index in [-0.39, 0.29) is 41.7 Å². The molecule has 0 bridgehead atoms. The van der Waals surface area contributed by atoms with Gasteiger partial charge in [0.2, 0.25) is 20.8 Å². The van der Waals surface area contributed by atoms with Crippen molar-refractivity contribution in [1.29, 1.82) is 0 Å². The van der Waals surface area contributed by atoms with Gasteiger partial charge in [0, 0.05) is 10.4 Å². The Kier molecular flexibility index (Phi) is 54.8. The molecule has 0 aromatic heterocycles. The summed E-state index contributed by atoms with van der Waals surface area (Å²) in [6.45, 7) is 0. The van der Waals surface area contributed by atoms with Gasteiger partial charge < -0.3 is 61.0 Å². The Morgan fingerprint density at radius 1 is 0.607 bits per heavy atom. The van der Waals surface area contributed by atoms with Crippen LogP contribution in [-0.2, 0) is 79.7 Å². The number of quaternary nitrogens is 4. The fourth-order valence-electron chi connectivity index (χ4n) is 0.0680. The van der Waals surface area contributed by atoms with E-state index in [1.165, 1.54) is 0 Å². The van der Waals surface area contributed by atoms with Gasteiger partial charge in [-0.15, -0.1) is 8.67 Å². The summed E-state index contributed by atoms with van der Waals surface area (Å²) >= 11 is -5.72. The second-order valence-corrected chi connectivity index (χ2v) is 5.39. The van der Waals surface area contributed by atoms with Crippen molar-refractivity contribution in [2.75, 3.05) is 0 Å². The molecule has 0 saturated heterocycles. The van der Waals surface area contributed by atoms with Crippen molar-refractivity contribution in [3.63, 3.8) is 0 Å². The second-order valence-electron chi connectivity index (χ2n) is 1.80. The first-order valence-electron chi connectivity index (χ1n) is 3.20. The van der Waals surface area contributed by atoms with E-state index >= 15 is 0 Å². The van der Waals surface area contributed by atoms with Gasteiger partial charge in [-0.25, -0.2) is 25.3 Å². The largest absolute Gasteiger partial charge is 2.00 e. The third kappa shape index (κ3) is 326. The normalized spacial score (nSPS) is 11.3. The molecule has 2 atom stereocenters. The molecule has 0 aromatic rings. The van der Waals surface area contributed by atoms with E-state index in [0.717, 1.165) is 0 Å². The summed E-state index contributed by atoms with van der Waals surface area (Å²) < 4.78 is 144. The zero-order valence-electron chi connectivity index (χ0n) is 13.8. The summed E-state index contributed by atoms with van der Waals surface area (Å²) in [5.41, 5.74) is 0. The van der Waals surface area contributed by atoms with Crippen LogP contribution in [0.25, 0.3) is 0 Å². The van der Waals surface area contributed by atoms with Crippen molar-refractivity contribution in [2.45, 2.75) is 0 Å². The zero-order chi connectivity index (χ0) is 20.1. The topological polar surface area (TPSA) is 480 Å². The molecule has 0 aliphatic carbocycles. The van der Waals surface area contributed by atoms with Gasteiger partial charge in [0.1, 0.15) is 0 Å². The van der Waals surface area contributed by atoms with Crippen LogP contribution in [0.1, 0.15) is 0 Å². The van der Waals surface area contributed by atoms with Crippen LogP contribution < -0.4 is 24.6 Å². The predicted molar refractivity (Wildman–Crippen MR) is 79.1 cm³/mol. The predicted octanol–water partition coefficient (Wildman–Crippen LogP) is -3.30. The molecule has 0 aliphatic heterocycles. The minimum absolute atomic E-state index is 0. The Morgan fingerprint density at radius 2 is 0.679 bits per heavy atom. The molecule has 0 spiro atoms. The van der Waals surface area contributed by atoms with Crippen LogP contribution in [0.3, 0.4) is 0 Å². The van der Waals surface area contributed by atoms with Gasteiger partial charge in [-0.05, 0) is 0 Å². The first-order chi connectivity index (χ1) is 9.67. The van der Waals surface area contributed by atoms with Crippen LogP contribution in [0.4, 0.5) is 0 Å². The second kappa shape index (κ2) is 27.1. The van der Waals surface area contributed by atoms with Crippen molar-refractivity contribution in [1.82, 2.24) is 24.6 Å². The first kappa shape index (κ1) is 56.6. The molecule has 22 nitrogen and oxygen atoms in total. The van der Waals surface area contributed by atoms with Gasteiger partial charge in [0.15, 0.2) is 0 Å². The van der Waals surface area contributed by atoms with E-state index in [4.69, 9.17) is 44.2 Å². The fourth-order valence-corrected chi connectivity index (χ4v) is 0.612. The van der Waals surface area contributed by atoms with Gasteiger partial charge in [-0.3, -0.25) is 8.42 Å². The molecule has 0 aromatic carbocycles. The molecule has 0 aliphatic rings. The van der Waals surface area contributed by atoms with Gasteiger partial charge in [-0.1, -0.05) is 0 Å². The molecule has 184 valence electrons. The van der Waals surface area contributed by atoms with Crippen LogP contribution in [0.5, 0.6) is 0 Å². The van der Waals surface area contributed by atoms with Gasteiger partial charge in [-0.2, -0.15) is 0 Å². The Bertz CT molecular complexity index is 588. The average molecular weight is 578 g/mol. The van der Waals surface area contributed by atoms with E-state index in [1.54, 1.807) is 0 Å². The van der Waals surface area contributed by atoms with Crippen molar-refractivity contribution >= 4 is 53.9 Å². The van der Waals surface area contributed by atoms with E-state index in [9.17, 15) is 25.9 Å². The maximum atomic E-state index is 9.37. The minimum Gasteiger partial charge on any atom is -0.759 e. The molecule has 18 N–H and O–H groups in total. The van der Waals surface area contributed by atoms with Crippen molar-refractivity contribution in [3.8, 4) is 0 Å². The molecule has 0 amide bonds. The maximum absolute atomic E-state index is 9.37. The fraction of sp³-hybridized carbons (Fsp3) is 0. The van der Waals surface area contributed by atoms with E-state index in [1.807, 2.05) is 0 Å². The van der Waals surface area contributed by atoms with Gasteiger partial charge >= 0.3 is 17.1 Å². The van der Waals surface area contributed by atoms with Crippen molar-refractivity contribution in [2.24, 2.45) is 0 Å². The Balaban J connectivity index is -0.0000000251. The van der Waals surface area contributed by atoms with Crippen LogP contribution in [-0.4, -0.2) is 70.1 Å². The van der Waals surface area contributed by atoms with Gasteiger partial charge in [0.05, 0.1) is 22.7 Å². The third-order valence-electron chi connectivity index (χ3n) is 0.194. The Labute approximate surface area is 174 Å². The summed E-state index contributed by atoms with van der Waals surface area (Å²) in [7, 11) is -15.8. The summed E-state index contributed by atoms with van der Waals surface area (Å²) in [5, 5.41) is 0. The average Bonchev–Trinajstić information content (AvgIpc) is 2.07. The van der Waals surface area contributed by atoms with E-state index < -0.39 is 53.9 Å². The molecular formula is H18FeN4O18S5. The molecule has 0 rings (SSSR count). The smallest absolute Gasteiger partial charge is 0.759 e. The first-order valence-corrected chi connectivity index (χ1v) is 9.26. The van der Waals surface area contributed by atoms with Crippen molar-refractivity contribution < 1.29 is 95.8 Å². The summed E-state index contributed by atoms with van der Waals surface area (Å²) in [6, 6.07) is 0. The monoisotopic (exact) mass is 578 g/mol. The van der Waals surface area contributed by atoms with Crippen LogP contribution in [0, 0.1) is 0 Å². The molecule has 2 unspecified atom stereocenters. The SMILES string of the molecule is O=S(=O)([O-])OOS(=O)(=O)[O-].O=S(=O)([O-])[O-].O=S([O-])O.O=S([O-])O.[Fe+2].[NH4+].[NH4+].[NH4+].[NH4+]. The third-order valence-corrected chi connectivity index (χ3v) is 0.750. The summed E-state index contributed by atoms with van der Waals surface area (Å²) in [6.07, 6.45) is 0. The molecule has 0 fully saturated rings. The van der Waals surface area contributed by atoms with Crippen LogP contribution >= 0.6 is 0 Å². The molecule has 0 radical (unpaired) electrons. The minimum atomic E-state index is -5.31. The van der Waals surface area contributed by atoms with E-state index in [0.29, 0.717) is 0 Å². The number of hydrogen-bond donors (Lipinski definition) is 6. The zero-order valence-corrected chi connectivity index (χ0v) is 19.0.